The van der Waals surface area contributed by atoms with Crippen LogP contribution in [0.15, 0.2) is 24.3 Å². The SMILES string of the molecule is O=C(/C=C/c1ccc(Cl)c(Cl)c1)N1CCC(=O)N(CCC2CO2)CC1. The van der Waals surface area contributed by atoms with E-state index in [1.54, 1.807) is 29.2 Å². The van der Waals surface area contributed by atoms with Crippen LogP contribution < -0.4 is 0 Å². The van der Waals surface area contributed by atoms with Crippen LogP contribution in [0.5, 0.6) is 0 Å². The fourth-order valence-electron chi connectivity index (χ4n) is 2.75. The van der Waals surface area contributed by atoms with E-state index in [-0.39, 0.29) is 11.8 Å². The number of benzene rings is 1. The Morgan fingerprint density at radius 3 is 2.76 bits per heavy atom. The summed E-state index contributed by atoms with van der Waals surface area (Å²) >= 11 is 11.9. The molecule has 0 saturated carbocycles. The Labute approximate surface area is 157 Å². The highest BCUT2D eigenvalue weighted by Gasteiger charge is 2.26. The normalized spacial score (nSPS) is 20.9. The van der Waals surface area contributed by atoms with Gasteiger partial charge in [-0.1, -0.05) is 29.3 Å². The quantitative estimate of drug-likeness (QED) is 0.581. The molecule has 0 N–H and O–H groups in total. The molecule has 2 amide bonds. The predicted molar refractivity (Wildman–Crippen MR) is 97.6 cm³/mol. The minimum atomic E-state index is -0.105. The van der Waals surface area contributed by atoms with Crippen LogP contribution in [-0.4, -0.2) is 60.5 Å². The van der Waals surface area contributed by atoms with Crippen LogP contribution in [0.4, 0.5) is 0 Å². The van der Waals surface area contributed by atoms with E-state index < -0.39 is 0 Å². The maximum atomic E-state index is 12.4. The first-order valence-corrected chi connectivity index (χ1v) is 9.10. The first-order valence-electron chi connectivity index (χ1n) is 8.34. The summed E-state index contributed by atoms with van der Waals surface area (Å²) in [5.41, 5.74) is 0.805. The van der Waals surface area contributed by atoms with Crippen molar-refractivity contribution < 1.29 is 14.3 Å². The summed E-state index contributed by atoms with van der Waals surface area (Å²) in [6.07, 6.45) is 4.76. The Morgan fingerprint density at radius 2 is 2.04 bits per heavy atom. The van der Waals surface area contributed by atoms with Crippen molar-refractivity contribution in [3.63, 3.8) is 0 Å². The van der Waals surface area contributed by atoms with Crippen LogP contribution in [0.3, 0.4) is 0 Å². The van der Waals surface area contributed by atoms with Crippen molar-refractivity contribution in [2.75, 3.05) is 32.8 Å². The molecule has 0 bridgehead atoms. The number of amides is 2. The van der Waals surface area contributed by atoms with E-state index in [2.05, 4.69) is 0 Å². The maximum absolute atomic E-state index is 12.4. The Bertz CT molecular complexity index is 689. The number of nitrogens with zero attached hydrogens (tertiary/aromatic N) is 2. The third kappa shape index (κ3) is 5.21. The lowest BCUT2D eigenvalue weighted by Crippen LogP contribution is -2.36. The fraction of sp³-hybridized carbons (Fsp3) is 0.444. The molecule has 1 aromatic carbocycles. The molecule has 1 unspecified atom stereocenters. The molecule has 7 heteroatoms. The van der Waals surface area contributed by atoms with E-state index in [4.69, 9.17) is 27.9 Å². The average molecular weight is 383 g/mol. The molecule has 1 aromatic rings. The van der Waals surface area contributed by atoms with Crippen LogP contribution in [0.25, 0.3) is 6.08 Å². The lowest BCUT2D eigenvalue weighted by atomic mass is 10.2. The van der Waals surface area contributed by atoms with Gasteiger partial charge in [0.1, 0.15) is 0 Å². The van der Waals surface area contributed by atoms with Gasteiger partial charge in [-0.15, -0.1) is 0 Å². The van der Waals surface area contributed by atoms with Gasteiger partial charge in [-0.2, -0.15) is 0 Å². The van der Waals surface area contributed by atoms with Gasteiger partial charge in [0.15, 0.2) is 0 Å². The van der Waals surface area contributed by atoms with Gasteiger partial charge in [0.25, 0.3) is 0 Å². The third-order valence-corrected chi connectivity index (χ3v) is 5.12. The van der Waals surface area contributed by atoms with Crippen molar-refractivity contribution in [2.45, 2.75) is 18.9 Å². The second kappa shape index (κ2) is 8.21. The summed E-state index contributed by atoms with van der Waals surface area (Å²) in [6.45, 7) is 3.05. The zero-order chi connectivity index (χ0) is 17.8. The van der Waals surface area contributed by atoms with Crippen molar-refractivity contribution in [1.82, 2.24) is 9.80 Å². The molecule has 0 spiro atoms. The van der Waals surface area contributed by atoms with Gasteiger partial charge in [0.2, 0.25) is 11.8 Å². The molecule has 2 aliphatic rings. The Kier molecular flexibility index (Phi) is 5.99. The predicted octanol–water partition coefficient (Wildman–Crippen LogP) is 2.86. The first-order chi connectivity index (χ1) is 12.0. The molecule has 2 saturated heterocycles. The standard InChI is InChI=1S/C18H20Cl2N2O3/c19-15-3-1-13(11-16(15)20)2-4-17(23)22-8-6-18(24)21(9-10-22)7-5-14-12-25-14/h1-4,11,14H,5-10,12H2/b4-2+. The Balaban J connectivity index is 1.55. The van der Waals surface area contributed by atoms with E-state index in [1.807, 2.05) is 4.90 Å². The smallest absolute Gasteiger partial charge is 0.246 e. The molecule has 134 valence electrons. The lowest BCUT2D eigenvalue weighted by Gasteiger charge is -2.21. The monoisotopic (exact) mass is 382 g/mol. The fourth-order valence-corrected chi connectivity index (χ4v) is 3.05. The summed E-state index contributed by atoms with van der Waals surface area (Å²) in [4.78, 5) is 28.1. The summed E-state index contributed by atoms with van der Waals surface area (Å²) in [6, 6.07) is 5.20. The highest BCUT2D eigenvalue weighted by molar-refractivity contribution is 6.42. The van der Waals surface area contributed by atoms with Crippen molar-refractivity contribution in [1.29, 1.82) is 0 Å². The van der Waals surface area contributed by atoms with E-state index in [0.29, 0.717) is 48.7 Å². The molecule has 5 nitrogen and oxygen atoms in total. The maximum Gasteiger partial charge on any atom is 0.246 e. The number of epoxide rings is 1. The molecule has 1 atom stereocenters. The molecule has 0 radical (unpaired) electrons. The van der Waals surface area contributed by atoms with Gasteiger partial charge in [-0.25, -0.2) is 0 Å². The summed E-state index contributed by atoms with van der Waals surface area (Å²) in [5, 5.41) is 0.930. The van der Waals surface area contributed by atoms with Gasteiger partial charge in [-0.3, -0.25) is 9.59 Å². The number of carbonyl (C=O) groups excluding carboxylic acids is 2. The largest absolute Gasteiger partial charge is 0.373 e. The van der Waals surface area contributed by atoms with Gasteiger partial charge < -0.3 is 14.5 Å². The number of rotatable bonds is 5. The molecule has 2 aliphatic heterocycles. The van der Waals surface area contributed by atoms with Crippen LogP contribution >= 0.6 is 23.2 Å². The van der Waals surface area contributed by atoms with Crippen LogP contribution in [-0.2, 0) is 14.3 Å². The van der Waals surface area contributed by atoms with Crippen LogP contribution in [0, 0.1) is 0 Å². The van der Waals surface area contributed by atoms with E-state index in [9.17, 15) is 9.59 Å². The van der Waals surface area contributed by atoms with Crippen LogP contribution in [0.2, 0.25) is 10.0 Å². The highest BCUT2D eigenvalue weighted by Crippen LogP contribution is 2.23. The Morgan fingerprint density at radius 1 is 1.24 bits per heavy atom. The zero-order valence-electron chi connectivity index (χ0n) is 13.8. The van der Waals surface area contributed by atoms with E-state index >= 15 is 0 Å². The van der Waals surface area contributed by atoms with Gasteiger partial charge in [0.05, 0.1) is 22.8 Å². The number of hydrogen-bond acceptors (Lipinski definition) is 3. The molecule has 0 aromatic heterocycles. The summed E-state index contributed by atoms with van der Waals surface area (Å²) in [7, 11) is 0. The minimum Gasteiger partial charge on any atom is -0.373 e. The number of carbonyl (C=O) groups is 2. The molecule has 3 rings (SSSR count). The third-order valence-electron chi connectivity index (χ3n) is 4.39. The first kappa shape index (κ1) is 18.2. The van der Waals surface area contributed by atoms with E-state index in [1.165, 1.54) is 6.08 Å². The second-order valence-corrected chi connectivity index (χ2v) is 7.02. The molecule has 0 aliphatic carbocycles. The minimum absolute atomic E-state index is 0.101. The topological polar surface area (TPSA) is 53.2 Å². The molecular formula is C18H20Cl2N2O3. The average Bonchev–Trinajstić information content (AvgIpc) is 3.42. The second-order valence-electron chi connectivity index (χ2n) is 6.21. The van der Waals surface area contributed by atoms with Crippen molar-refractivity contribution in [3.8, 4) is 0 Å². The van der Waals surface area contributed by atoms with Gasteiger partial charge in [0, 0.05) is 38.7 Å². The van der Waals surface area contributed by atoms with Crippen molar-refractivity contribution >= 4 is 41.1 Å². The summed E-state index contributed by atoms with van der Waals surface area (Å²) < 4.78 is 5.19. The number of ether oxygens (including phenoxy) is 1. The van der Waals surface area contributed by atoms with Gasteiger partial charge >= 0.3 is 0 Å². The molecule has 25 heavy (non-hydrogen) atoms. The van der Waals surface area contributed by atoms with E-state index in [0.717, 1.165) is 18.6 Å². The van der Waals surface area contributed by atoms with Gasteiger partial charge in [-0.05, 0) is 30.2 Å². The lowest BCUT2D eigenvalue weighted by molar-refractivity contribution is -0.130. The summed E-state index contributed by atoms with van der Waals surface area (Å²) in [5.74, 6) is -0.00402. The van der Waals surface area contributed by atoms with Crippen molar-refractivity contribution in [2.24, 2.45) is 0 Å². The Hall–Kier alpha value is -1.56. The highest BCUT2D eigenvalue weighted by atomic mass is 35.5. The van der Waals surface area contributed by atoms with Crippen LogP contribution in [0.1, 0.15) is 18.4 Å². The number of halogens is 2. The van der Waals surface area contributed by atoms with Crippen molar-refractivity contribution in [3.05, 3.63) is 39.9 Å². The molecule has 2 heterocycles. The number of hydrogen-bond donors (Lipinski definition) is 0. The molecule has 2 fully saturated rings. The molecular weight excluding hydrogens is 363 g/mol. The zero-order valence-corrected chi connectivity index (χ0v) is 15.3.